The average molecular weight is 396 g/mol. The van der Waals surface area contributed by atoms with Gasteiger partial charge in [0.25, 0.3) is 0 Å². The van der Waals surface area contributed by atoms with Gasteiger partial charge in [-0.15, -0.1) is 0 Å². The first kappa shape index (κ1) is 22.5. The van der Waals surface area contributed by atoms with E-state index in [1.807, 2.05) is 6.92 Å². The summed E-state index contributed by atoms with van der Waals surface area (Å²) < 4.78 is 6.04. The first-order valence-electron chi connectivity index (χ1n) is 10.7. The van der Waals surface area contributed by atoms with Crippen molar-refractivity contribution in [2.45, 2.75) is 95.1 Å². The van der Waals surface area contributed by atoms with Crippen LogP contribution in [0.25, 0.3) is 0 Å². The summed E-state index contributed by atoms with van der Waals surface area (Å²) in [6.07, 6.45) is 11.3. The van der Waals surface area contributed by atoms with Crippen molar-refractivity contribution < 1.29 is 14.3 Å². The quantitative estimate of drug-likeness (QED) is 0.303. The molecule has 2 aliphatic rings. The molecule has 0 bridgehead atoms. The zero-order chi connectivity index (χ0) is 20.5. The van der Waals surface area contributed by atoms with E-state index in [0.717, 1.165) is 64.2 Å². The number of nitrogens with zero attached hydrogens (tertiary/aromatic N) is 1. The van der Waals surface area contributed by atoms with Crippen molar-refractivity contribution in [3.05, 3.63) is 0 Å². The summed E-state index contributed by atoms with van der Waals surface area (Å²) in [7, 11) is 0. The van der Waals surface area contributed by atoms with Crippen LogP contribution in [-0.4, -0.2) is 42.2 Å². The number of hydrogen-bond acceptors (Lipinski definition) is 5. The van der Waals surface area contributed by atoms with Gasteiger partial charge < -0.3 is 21.5 Å². The van der Waals surface area contributed by atoms with Gasteiger partial charge in [0.2, 0.25) is 5.91 Å². The third-order valence-corrected chi connectivity index (χ3v) is 6.08. The van der Waals surface area contributed by atoms with Crippen molar-refractivity contribution in [2.24, 2.45) is 16.5 Å². The third-order valence-electron chi connectivity index (χ3n) is 6.08. The Bertz CT molecular complexity index is 564. The molecule has 1 saturated carbocycles. The highest BCUT2D eigenvalue weighted by Crippen LogP contribution is 2.48. The highest BCUT2D eigenvalue weighted by atomic mass is 16.6. The SMILES string of the molecule is CC1(N=C(N)N)CCCC12CCCCCCCCCC(=O)NCNCC(=O)O2. The van der Waals surface area contributed by atoms with E-state index >= 15 is 0 Å². The van der Waals surface area contributed by atoms with Gasteiger partial charge in [0.05, 0.1) is 13.2 Å². The lowest BCUT2D eigenvalue weighted by Crippen LogP contribution is -2.52. The minimum absolute atomic E-state index is 0.0118. The number of aliphatic imine (C=N–C) groups is 1. The van der Waals surface area contributed by atoms with Gasteiger partial charge >= 0.3 is 5.97 Å². The molecule has 0 radical (unpaired) electrons. The summed E-state index contributed by atoms with van der Waals surface area (Å²) in [5.41, 5.74) is 10.1. The first-order chi connectivity index (χ1) is 13.4. The predicted octanol–water partition coefficient (Wildman–Crippen LogP) is 1.67. The summed E-state index contributed by atoms with van der Waals surface area (Å²) in [5, 5.41) is 5.73. The molecule has 2 rings (SSSR count). The lowest BCUT2D eigenvalue weighted by atomic mass is 9.80. The second-order valence-corrected chi connectivity index (χ2v) is 8.31. The second-order valence-electron chi connectivity index (χ2n) is 8.31. The van der Waals surface area contributed by atoms with Crippen LogP contribution < -0.4 is 22.1 Å². The summed E-state index contributed by atoms with van der Waals surface area (Å²) in [6, 6.07) is 0. The highest BCUT2D eigenvalue weighted by Gasteiger charge is 2.54. The van der Waals surface area contributed by atoms with Crippen LogP contribution in [0.3, 0.4) is 0 Å². The summed E-state index contributed by atoms with van der Waals surface area (Å²) >= 11 is 0. The Morgan fingerprint density at radius 1 is 0.964 bits per heavy atom. The predicted molar refractivity (Wildman–Crippen MR) is 109 cm³/mol. The number of guanidine groups is 1. The van der Waals surface area contributed by atoms with Crippen LogP contribution in [0.1, 0.15) is 84.0 Å². The van der Waals surface area contributed by atoms with Crippen LogP contribution in [-0.2, 0) is 14.3 Å². The Hall–Kier alpha value is -1.83. The van der Waals surface area contributed by atoms with Crippen molar-refractivity contribution in [3.8, 4) is 0 Å². The van der Waals surface area contributed by atoms with Gasteiger partial charge in [-0.25, -0.2) is 4.99 Å². The Morgan fingerprint density at radius 3 is 2.32 bits per heavy atom. The molecule has 0 aromatic heterocycles. The van der Waals surface area contributed by atoms with E-state index < -0.39 is 11.1 Å². The van der Waals surface area contributed by atoms with E-state index in [1.165, 1.54) is 6.42 Å². The van der Waals surface area contributed by atoms with E-state index in [4.69, 9.17) is 16.2 Å². The Morgan fingerprint density at radius 2 is 1.61 bits per heavy atom. The largest absolute Gasteiger partial charge is 0.456 e. The van der Waals surface area contributed by atoms with Gasteiger partial charge in [-0.3, -0.25) is 14.9 Å². The van der Waals surface area contributed by atoms with Crippen LogP contribution in [0.15, 0.2) is 4.99 Å². The number of amides is 1. The lowest BCUT2D eigenvalue weighted by Gasteiger charge is -2.41. The molecule has 8 nitrogen and oxygen atoms in total. The van der Waals surface area contributed by atoms with Gasteiger partial charge in [0.1, 0.15) is 11.1 Å². The van der Waals surface area contributed by atoms with Crippen LogP contribution in [0.4, 0.5) is 0 Å². The molecule has 1 saturated heterocycles. The fraction of sp³-hybridized carbons (Fsp3) is 0.850. The molecule has 1 heterocycles. The van der Waals surface area contributed by atoms with Gasteiger partial charge in [-0.1, -0.05) is 32.1 Å². The molecule has 6 N–H and O–H groups in total. The lowest BCUT2D eigenvalue weighted by molar-refractivity contribution is -0.165. The maximum Gasteiger partial charge on any atom is 0.320 e. The molecule has 28 heavy (non-hydrogen) atoms. The maximum absolute atomic E-state index is 12.5. The van der Waals surface area contributed by atoms with E-state index in [2.05, 4.69) is 15.6 Å². The molecule has 8 heteroatoms. The van der Waals surface area contributed by atoms with Crippen molar-refractivity contribution in [2.75, 3.05) is 13.2 Å². The standard InChI is InChI=1S/C20H37N5O3/c1-19(25-18(21)22)11-9-13-20(19)12-8-6-4-2-3-5-7-10-16(26)24-15-23-14-17(27)28-20/h23H,2-15H2,1H3,(H,24,26)(H4,21,22,25). The normalized spacial score (nSPS) is 31.6. The Kier molecular flexibility index (Phi) is 8.54. The molecule has 2 atom stereocenters. The minimum Gasteiger partial charge on any atom is -0.456 e. The van der Waals surface area contributed by atoms with Gasteiger partial charge in [-0.05, 0) is 45.4 Å². The number of carbonyl (C=O) groups excluding carboxylic acids is 2. The van der Waals surface area contributed by atoms with Crippen LogP contribution in [0.2, 0.25) is 0 Å². The Labute approximate surface area is 168 Å². The third kappa shape index (κ3) is 6.36. The zero-order valence-corrected chi connectivity index (χ0v) is 17.2. The van der Waals surface area contributed by atoms with E-state index in [-0.39, 0.29) is 31.0 Å². The maximum atomic E-state index is 12.5. The van der Waals surface area contributed by atoms with Crippen LogP contribution in [0.5, 0.6) is 0 Å². The number of nitrogens with two attached hydrogens (primary N) is 2. The molecule has 160 valence electrons. The smallest absolute Gasteiger partial charge is 0.320 e. The molecule has 2 unspecified atom stereocenters. The summed E-state index contributed by atoms with van der Waals surface area (Å²) in [6.45, 7) is 2.29. The molecule has 0 aromatic carbocycles. The highest BCUT2D eigenvalue weighted by molar-refractivity contribution is 5.77. The summed E-state index contributed by atoms with van der Waals surface area (Å²) in [5.74, 6) is -0.292. The van der Waals surface area contributed by atoms with Crippen molar-refractivity contribution >= 4 is 17.8 Å². The van der Waals surface area contributed by atoms with Gasteiger partial charge in [0.15, 0.2) is 5.96 Å². The fourth-order valence-electron chi connectivity index (χ4n) is 4.51. The monoisotopic (exact) mass is 395 g/mol. The number of hydrogen-bond donors (Lipinski definition) is 4. The molecule has 2 fully saturated rings. The number of ether oxygens (including phenoxy) is 1. The number of esters is 1. The molecular weight excluding hydrogens is 358 g/mol. The van der Waals surface area contributed by atoms with E-state index in [9.17, 15) is 9.59 Å². The molecule has 1 aliphatic heterocycles. The van der Waals surface area contributed by atoms with Crippen molar-refractivity contribution in [1.29, 1.82) is 0 Å². The number of carbonyl (C=O) groups is 2. The van der Waals surface area contributed by atoms with Crippen molar-refractivity contribution in [3.63, 3.8) is 0 Å². The van der Waals surface area contributed by atoms with E-state index in [1.54, 1.807) is 0 Å². The molecule has 1 amide bonds. The Balaban J connectivity index is 2.09. The van der Waals surface area contributed by atoms with Gasteiger partial charge in [0, 0.05) is 6.42 Å². The van der Waals surface area contributed by atoms with Crippen LogP contribution >= 0.6 is 0 Å². The molecule has 1 aliphatic carbocycles. The van der Waals surface area contributed by atoms with Crippen LogP contribution in [0, 0.1) is 0 Å². The van der Waals surface area contributed by atoms with Gasteiger partial charge in [-0.2, -0.15) is 0 Å². The summed E-state index contributed by atoms with van der Waals surface area (Å²) in [4.78, 5) is 28.8. The first-order valence-corrected chi connectivity index (χ1v) is 10.7. The average Bonchev–Trinajstić information content (AvgIpc) is 2.91. The number of rotatable bonds is 1. The van der Waals surface area contributed by atoms with Crippen molar-refractivity contribution in [1.82, 2.24) is 10.6 Å². The molecular formula is C20H37N5O3. The zero-order valence-electron chi connectivity index (χ0n) is 17.2. The molecule has 0 aromatic rings. The fourth-order valence-corrected chi connectivity index (χ4v) is 4.51. The molecule has 1 spiro atoms. The second kappa shape index (κ2) is 10.6. The van der Waals surface area contributed by atoms with E-state index in [0.29, 0.717) is 6.42 Å². The topological polar surface area (TPSA) is 132 Å². The number of nitrogens with one attached hydrogen (secondary N) is 2. The minimum atomic E-state index is -0.674.